The van der Waals surface area contributed by atoms with E-state index in [0.29, 0.717) is 12.1 Å². The summed E-state index contributed by atoms with van der Waals surface area (Å²) in [6, 6.07) is 3.85. The predicted molar refractivity (Wildman–Crippen MR) is 93.1 cm³/mol. The number of carbonyl (C=O) groups is 1. The van der Waals surface area contributed by atoms with Crippen molar-refractivity contribution in [1.29, 1.82) is 0 Å². The summed E-state index contributed by atoms with van der Waals surface area (Å²) in [5, 5.41) is 6.84. The Hall–Kier alpha value is -1.86. The minimum atomic E-state index is -0.107. The topological polar surface area (TPSA) is 70.4 Å². The van der Waals surface area contributed by atoms with Gasteiger partial charge in [0.1, 0.15) is 10.8 Å². The number of aromatic nitrogens is 1. The average molecular weight is 336 g/mol. The van der Waals surface area contributed by atoms with Crippen LogP contribution in [0.25, 0.3) is 0 Å². The molecule has 0 radical (unpaired) electrons. The van der Waals surface area contributed by atoms with Crippen molar-refractivity contribution in [2.24, 2.45) is 0 Å². The van der Waals surface area contributed by atoms with Crippen LogP contribution >= 0.6 is 11.5 Å². The van der Waals surface area contributed by atoms with Crippen LogP contribution < -0.4 is 10.6 Å². The third-order valence-electron chi connectivity index (χ3n) is 3.90. The Bertz CT molecular complexity index is 620. The Morgan fingerprint density at radius 1 is 1.43 bits per heavy atom. The lowest BCUT2D eigenvalue weighted by Gasteiger charge is -2.28. The molecule has 2 N–H and O–H groups in total. The molecule has 7 heteroatoms. The van der Waals surface area contributed by atoms with E-state index in [9.17, 15) is 4.79 Å². The Labute approximate surface area is 141 Å². The molecule has 0 unspecified atom stereocenters. The van der Waals surface area contributed by atoms with Gasteiger partial charge in [0.05, 0.1) is 23.6 Å². The number of rotatable bonds is 8. The van der Waals surface area contributed by atoms with E-state index >= 15 is 0 Å². The molecule has 0 aromatic carbocycles. The quantitative estimate of drug-likeness (QED) is 0.776. The molecule has 2 rings (SSSR count). The van der Waals surface area contributed by atoms with Gasteiger partial charge in [0.15, 0.2) is 0 Å². The number of aryl methyl sites for hydroxylation is 1. The SMILES string of the molecule is CCN(CC)[C@@H](CNC(=O)c1c(C)nsc1NC)c1ccco1. The first-order valence-corrected chi connectivity index (χ1v) is 8.59. The monoisotopic (exact) mass is 336 g/mol. The molecule has 0 fully saturated rings. The van der Waals surface area contributed by atoms with Crippen molar-refractivity contribution in [1.82, 2.24) is 14.6 Å². The third kappa shape index (κ3) is 3.92. The van der Waals surface area contributed by atoms with Crippen molar-refractivity contribution < 1.29 is 9.21 Å². The lowest BCUT2D eigenvalue weighted by Crippen LogP contribution is -2.38. The summed E-state index contributed by atoms with van der Waals surface area (Å²) in [6.07, 6.45) is 1.67. The van der Waals surface area contributed by atoms with Crippen molar-refractivity contribution in [3.8, 4) is 0 Å². The van der Waals surface area contributed by atoms with Gasteiger partial charge in [-0.05, 0) is 43.7 Å². The maximum absolute atomic E-state index is 12.5. The molecule has 0 spiro atoms. The van der Waals surface area contributed by atoms with Crippen LogP contribution in [0.2, 0.25) is 0 Å². The largest absolute Gasteiger partial charge is 0.468 e. The van der Waals surface area contributed by atoms with Gasteiger partial charge in [-0.1, -0.05) is 13.8 Å². The molecule has 23 heavy (non-hydrogen) atoms. The van der Waals surface area contributed by atoms with E-state index in [1.807, 2.05) is 19.1 Å². The second-order valence-corrected chi connectivity index (χ2v) is 5.96. The Morgan fingerprint density at radius 3 is 2.74 bits per heavy atom. The van der Waals surface area contributed by atoms with Gasteiger partial charge in [-0.3, -0.25) is 9.69 Å². The van der Waals surface area contributed by atoms with Crippen molar-refractivity contribution in [2.75, 3.05) is 32.0 Å². The van der Waals surface area contributed by atoms with Gasteiger partial charge in [-0.15, -0.1) is 0 Å². The molecule has 0 saturated heterocycles. The maximum Gasteiger partial charge on any atom is 0.256 e. The van der Waals surface area contributed by atoms with Crippen LogP contribution in [-0.2, 0) is 0 Å². The Balaban J connectivity index is 2.12. The van der Waals surface area contributed by atoms with E-state index in [4.69, 9.17) is 4.42 Å². The van der Waals surface area contributed by atoms with E-state index in [2.05, 4.69) is 33.8 Å². The summed E-state index contributed by atoms with van der Waals surface area (Å²) in [5.74, 6) is 0.757. The fraction of sp³-hybridized carbons (Fsp3) is 0.500. The molecule has 6 nitrogen and oxygen atoms in total. The standard InChI is InChI=1S/C16H24N4O2S/c1-5-20(6-2)12(13-8-7-9-22-13)10-18-15(21)14-11(3)19-23-16(14)17-4/h7-9,12,17H,5-6,10H2,1-4H3,(H,18,21)/t12-/m0/s1. The van der Waals surface area contributed by atoms with Gasteiger partial charge >= 0.3 is 0 Å². The molecule has 2 aromatic heterocycles. The van der Waals surface area contributed by atoms with Crippen LogP contribution in [0.4, 0.5) is 5.00 Å². The summed E-state index contributed by atoms with van der Waals surface area (Å²) < 4.78 is 9.80. The number of hydrogen-bond donors (Lipinski definition) is 2. The molecule has 0 bridgehead atoms. The molecule has 0 aliphatic heterocycles. The van der Waals surface area contributed by atoms with Crippen molar-refractivity contribution in [3.05, 3.63) is 35.4 Å². The summed E-state index contributed by atoms with van der Waals surface area (Å²) >= 11 is 1.30. The van der Waals surface area contributed by atoms with Crippen LogP contribution in [0.3, 0.4) is 0 Å². The van der Waals surface area contributed by atoms with Crippen LogP contribution in [0, 0.1) is 6.92 Å². The van der Waals surface area contributed by atoms with Gasteiger partial charge in [0.2, 0.25) is 0 Å². The maximum atomic E-state index is 12.5. The van der Waals surface area contributed by atoms with Crippen molar-refractivity contribution in [2.45, 2.75) is 26.8 Å². The van der Waals surface area contributed by atoms with Gasteiger partial charge < -0.3 is 15.1 Å². The molecule has 1 amide bonds. The molecule has 0 aliphatic carbocycles. The highest BCUT2D eigenvalue weighted by Crippen LogP contribution is 2.24. The second kappa shape index (κ2) is 8.12. The highest BCUT2D eigenvalue weighted by molar-refractivity contribution is 7.10. The average Bonchev–Trinajstić information content (AvgIpc) is 3.20. The van der Waals surface area contributed by atoms with Crippen molar-refractivity contribution in [3.63, 3.8) is 0 Å². The van der Waals surface area contributed by atoms with E-state index in [0.717, 1.165) is 29.5 Å². The van der Waals surface area contributed by atoms with Crippen LogP contribution in [0.1, 0.15) is 41.7 Å². The first-order valence-electron chi connectivity index (χ1n) is 7.81. The van der Waals surface area contributed by atoms with E-state index in [1.54, 1.807) is 13.3 Å². The predicted octanol–water partition coefficient (Wildman–Crippen LogP) is 2.90. The Morgan fingerprint density at radius 2 is 2.17 bits per heavy atom. The lowest BCUT2D eigenvalue weighted by atomic mass is 10.1. The number of furan rings is 1. The lowest BCUT2D eigenvalue weighted by molar-refractivity contribution is 0.0930. The van der Waals surface area contributed by atoms with Gasteiger partial charge in [-0.2, -0.15) is 4.37 Å². The first-order chi connectivity index (χ1) is 11.1. The second-order valence-electron chi connectivity index (χ2n) is 5.18. The van der Waals surface area contributed by atoms with Crippen LogP contribution in [0.5, 0.6) is 0 Å². The number of likely N-dealkylation sites (N-methyl/N-ethyl adjacent to an activating group) is 1. The molecule has 2 heterocycles. The normalized spacial score (nSPS) is 12.4. The summed E-state index contributed by atoms with van der Waals surface area (Å²) in [5.41, 5.74) is 1.37. The van der Waals surface area contributed by atoms with E-state index in [1.165, 1.54) is 11.5 Å². The fourth-order valence-corrected chi connectivity index (χ4v) is 3.38. The zero-order chi connectivity index (χ0) is 16.8. The minimum Gasteiger partial charge on any atom is -0.468 e. The zero-order valence-corrected chi connectivity index (χ0v) is 14.9. The van der Waals surface area contributed by atoms with Gasteiger partial charge in [0, 0.05) is 13.6 Å². The van der Waals surface area contributed by atoms with E-state index < -0.39 is 0 Å². The number of nitrogens with one attached hydrogen (secondary N) is 2. The zero-order valence-electron chi connectivity index (χ0n) is 14.0. The minimum absolute atomic E-state index is 0.0221. The molecular formula is C16H24N4O2S. The third-order valence-corrected chi connectivity index (χ3v) is 4.85. The van der Waals surface area contributed by atoms with Crippen LogP contribution in [0.15, 0.2) is 22.8 Å². The summed E-state index contributed by atoms with van der Waals surface area (Å²) in [7, 11) is 1.80. The number of hydrogen-bond acceptors (Lipinski definition) is 6. The fourth-order valence-electron chi connectivity index (χ4n) is 2.64. The molecule has 126 valence electrons. The number of amides is 1. The van der Waals surface area contributed by atoms with Crippen LogP contribution in [-0.4, -0.2) is 41.9 Å². The number of anilines is 1. The first kappa shape index (κ1) is 17.5. The highest BCUT2D eigenvalue weighted by Gasteiger charge is 2.23. The smallest absolute Gasteiger partial charge is 0.256 e. The molecular weight excluding hydrogens is 312 g/mol. The summed E-state index contributed by atoms with van der Waals surface area (Å²) in [4.78, 5) is 14.8. The number of carbonyl (C=O) groups excluding carboxylic acids is 1. The molecule has 1 atom stereocenters. The summed E-state index contributed by atoms with van der Waals surface area (Å²) in [6.45, 7) is 8.32. The molecule has 0 aliphatic rings. The Kier molecular flexibility index (Phi) is 6.18. The number of nitrogens with zero attached hydrogens (tertiary/aromatic N) is 2. The van der Waals surface area contributed by atoms with Gasteiger partial charge in [0.25, 0.3) is 5.91 Å². The molecule has 2 aromatic rings. The van der Waals surface area contributed by atoms with Crippen molar-refractivity contribution >= 4 is 22.4 Å². The van der Waals surface area contributed by atoms with E-state index in [-0.39, 0.29) is 11.9 Å². The highest BCUT2D eigenvalue weighted by atomic mass is 32.1. The molecule has 0 saturated carbocycles. The van der Waals surface area contributed by atoms with Gasteiger partial charge in [-0.25, -0.2) is 0 Å².